The van der Waals surface area contributed by atoms with Crippen molar-refractivity contribution >= 4 is 11.1 Å². The van der Waals surface area contributed by atoms with Gasteiger partial charge >= 0.3 is 0 Å². The molecule has 0 spiro atoms. The summed E-state index contributed by atoms with van der Waals surface area (Å²) in [6.45, 7) is 3.94. The minimum atomic E-state index is -1.92. The Bertz CT molecular complexity index is 305. The normalized spacial score (nSPS) is 12.1. The summed E-state index contributed by atoms with van der Waals surface area (Å²) in [6, 6.07) is 6.39. The molecule has 70 valence electrons. The Morgan fingerprint density at radius 3 is 2.54 bits per heavy atom. The maximum absolute atomic E-state index is 10.6. The molecule has 1 N–H and O–H groups in total. The van der Waals surface area contributed by atoms with Crippen LogP contribution in [-0.4, -0.2) is 15.4 Å². The van der Waals surface area contributed by atoms with Gasteiger partial charge in [-0.3, -0.25) is 0 Å². The van der Waals surface area contributed by atoms with Gasteiger partial charge in [0, 0.05) is 0 Å². The van der Waals surface area contributed by atoms with Gasteiger partial charge in [-0.05, 0) is 24.3 Å². The first-order valence-electron chi connectivity index (χ1n) is 3.68. The van der Waals surface area contributed by atoms with Gasteiger partial charge in [0.25, 0.3) is 0 Å². The van der Waals surface area contributed by atoms with Crippen LogP contribution < -0.4 is 4.74 Å². The molecule has 1 unspecified atom stereocenters. The van der Waals surface area contributed by atoms with Gasteiger partial charge in [0.05, 0.1) is 4.90 Å². The average Bonchev–Trinajstić information content (AvgIpc) is 2.15. The van der Waals surface area contributed by atoms with Crippen LogP contribution in [0.25, 0.3) is 0 Å². The molecule has 1 aromatic carbocycles. The lowest BCUT2D eigenvalue weighted by molar-refractivity contribution is 0.363. The fourth-order valence-corrected chi connectivity index (χ4v) is 1.18. The Morgan fingerprint density at radius 2 is 2.08 bits per heavy atom. The van der Waals surface area contributed by atoms with E-state index in [2.05, 4.69) is 6.58 Å². The van der Waals surface area contributed by atoms with E-state index in [0.29, 0.717) is 17.3 Å². The van der Waals surface area contributed by atoms with Gasteiger partial charge in [-0.1, -0.05) is 12.7 Å². The molecule has 3 nitrogen and oxygen atoms in total. The van der Waals surface area contributed by atoms with E-state index in [9.17, 15) is 4.21 Å². The van der Waals surface area contributed by atoms with Gasteiger partial charge in [0.15, 0.2) is 11.1 Å². The van der Waals surface area contributed by atoms with Gasteiger partial charge in [-0.25, -0.2) is 4.21 Å². The molecule has 0 bridgehead atoms. The van der Waals surface area contributed by atoms with Crippen molar-refractivity contribution in [3.8, 4) is 5.75 Å². The molecule has 0 aliphatic rings. The number of hydrogen-bond acceptors (Lipinski definition) is 2. The lowest BCUT2D eigenvalue weighted by atomic mass is 10.3. The summed E-state index contributed by atoms with van der Waals surface area (Å²) in [4.78, 5) is 0.367. The second-order valence-electron chi connectivity index (χ2n) is 2.32. The third kappa shape index (κ3) is 3.01. The molecule has 0 heterocycles. The predicted octanol–water partition coefficient (Wildman–Crippen LogP) is 1.83. The second-order valence-corrected chi connectivity index (χ2v) is 3.29. The number of rotatable bonds is 4. The van der Waals surface area contributed by atoms with E-state index >= 15 is 0 Å². The van der Waals surface area contributed by atoms with Gasteiger partial charge in [-0.2, -0.15) is 0 Å². The number of benzene rings is 1. The molecule has 1 rings (SSSR count). The molecule has 0 saturated carbocycles. The topological polar surface area (TPSA) is 46.5 Å². The van der Waals surface area contributed by atoms with Gasteiger partial charge in [0.2, 0.25) is 0 Å². The Hall–Kier alpha value is -1.13. The summed E-state index contributed by atoms with van der Waals surface area (Å²) < 4.78 is 24.5. The Kier molecular flexibility index (Phi) is 3.67. The van der Waals surface area contributed by atoms with Crippen molar-refractivity contribution in [2.75, 3.05) is 6.61 Å². The first kappa shape index (κ1) is 9.95. The summed E-state index contributed by atoms with van der Waals surface area (Å²) in [5, 5.41) is 0. The number of hydrogen-bond donors (Lipinski definition) is 1. The fourth-order valence-electron chi connectivity index (χ4n) is 0.807. The highest BCUT2D eigenvalue weighted by Gasteiger charge is 1.98. The van der Waals surface area contributed by atoms with Crippen molar-refractivity contribution in [1.29, 1.82) is 0 Å². The van der Waals surface area contributed by atoms with E-state index in [1.807, 2.05) is 0 Å². The molecule has 0 aliphatic carbocycles. The summed E-state index contributed by atoms with van der Waals surface area (Å²) in [5.74, 6) is 0.661. The molecule has 0 aliphatic heterocycles. The minimum Gasteiger partial charge on any atom is -0.490 e. The zero-order valence-electron chi connectivity index (χ0n) is 6.97. The van der Waals surface area contributed by atoms with E-state index in [-0.39, 0.29) is 0 Å². The summed E-state index contributed by atoms with van der Waals surface area (Å²) in [7, 11) is 0. The van der Waals surface area contributed by atoms with Crippen LogP contribution in [0.15, 0.2) is 41.8 Å². The zero-order valence-corrected chi connectivity index (χ0v) is 7.79. The van der Waals surface area contributed by atoms with Crippen LogP contribution in [-0.2, 0) is 11.1 Å². The van der Waals surface area contributed by atoms with Crippen LogP contribution in [0, 0.1) is 0 Å². The molecule has 0 saturated heterocycles. The standard InChI is InChI=1S/C9H10O3S/c1-2-7-12-8-3-5-9(6-4-8)13(10)11/h2-6H,1,7H2,(H,10,11). The van der Waals surface area contributed by atoms with Crippen LogP contribution >= 0.6 is 0 Å². The van der Waals surface area contributed by atoms with E-state index in [1.165, 1.54) is 0 Å². The largest absolute Gasteiger partial charge is 0.490 e. The molecule has 1 atom stereocenters. The third-order valence-electron chi connectivity index (χ3n) is 1.39. The third-order valence-corrected chi connectivity index (χ3v) is 2.07. The van der Waals surface area contributed by atoms with Gasteiger partial charge in [0.1, 0.15) is 12.4 Å². The van der Waals surface area contributed by atoms with E-state index in [4.69, 9.17) is 9.29 Å². The highest BCUT2D eigenvalue weighted by molar-refractivity contribution is 7.79. The lowest BCUT2D eigenvalue weighted by Gasteiger charge is -2.02. The first-order chi connectivity index (χ1) is 6.24. The highest BCUT2D eigenvalue weighted by Crippen LogP contribution is 2.13. The van der Waals surface area contributed by atoms with Crippen molar-refractivity contribution in [3.05, 3.63) is 36.9 Å². The molecule has 0 radical (unpaired) electrons. The Morgan fingerprint density at radius 1 is 1.46 bits per heavy atom. The average molecular weight is 198 g/mol. The molecule has 0 fully saturated rings. The number of ether oxygens (including phenoxy) is 1. The molecule has 1 aromatic rings. The van der Waals surface area contributed by atoms with Gasteiger partial charge in [-0.15, -0.1) is 0 Å². The van der Waals surface area contributed by atoms with Crippen LogP contribution in [0.1, 0.15) is 0 Å². The van der Waals surface area contributed by atoms with Crippen LogP contribution in [0.4, 0.5) is 0 Å². The molecular formula is C9H10O3S. The van der Waals surface area contributed by atoms with Crippen molar-refractivity contribution in [3.63, 3.8) is 0 Å². The van der Waals surface area contributed by atoms with Crippen molar-refractivity contribution in [1.82, 2.24) is 0 Å². The quantitative estimate of drug-likeness (QED) is 0.593. The van der Waals surface area contributed by atoms with E-state index in [1.54, 1.807) is 30.3 Å². The van der Waals surface area contributed by atoms with E-state index < -0.39 is 11.1 Å². The summed E-state index contributed by atoms with van der Waals surface area (Å²) >= 11 is -1.92. The maximum atomic E-state index is 10.6. The predicted molar refractivity (Wildman–Crippen MR) is 51.2 cm³/mol. The second kappa shape index (κ2) is 4.79. The van der Waals surface area contributed by atoms with Crippen molar-refractivity contribution in [2.45, 2.75) is 4.90 Å². The van der Waals surface area contributed by atoms with Crippen LogP contribution in [0.2, 0.25) is 0 Å². The monoisotopic (exact) mass is 198 g/mol. The molecule has 13 heavy (non-hydrogen) atoms. The van der Waals surface area contributed by atoms with Gasteiger partial charge < -0.3 is 9.29 Å². The van der Waals surface area contributed by atoms with Crippen molar-refractivity contribution < 1.29 is 13.5 Å². The summed E-state index contributed by atoms with van der Waals surface area (Å²) in [6.07, 6.45) is 1.64. The Balaban J connectivity index is 2.69. The minimum absolute atomic E-state index is 0.367. The molecule has 0 aromatic heterocycles. The fraction of sp³-hybridized carbons (Fsp3) is 0.111. The lowest BCUT2D eigenvalue weighted by Crippen LogP contribution is -1.93. The smallest absolute Gasteiger partial charge is 0.186 e. The SMILES string of the molecule is C=CCOc1ccc(S(=O)O)cc1. The highest BCUT2D eigenvalue weighted by atomic mass is 32.2. The Labute approximate surface area is 79.3 Å². The maximum Gasteiger partial charge on any atom is 0.186 e. The van der Waals surface area contributed by atoms with Crippen LogP contribution in [0.5, 0.6) is 5.75 Å². The first-order valence-corrected chi connectivity index (χ1v) is 4.79. The van der Waals surface area contributed by atoms with Crippen molar-refractivity contribution in [2.24, 2.45) is 0 Å². The summed E-state index contributed by atoms with van der Waals surface area (Å²) in [5.41, 5.74) is 0. The zero-order chi connectivity index (χ0) is 9.68. The molecular weight excluding hydrogens is 188 g/mol. The molecule has 4 heteroatoms. The van der Waals surface area contributed by atoms with Crippen LogP contribution in [0.3, 0.4) is 0 Å². The molecule has 0 amide bonds. The van der Waals surface area contributed by atoms with E-state index in [0.717, 1.165) is 0 Å².